The van der Waals surface area contributed by atoms with E-state index in [1.807, 2.05) is 11.8 Å². The number of nitrogens with one attached hydrogen (secondary N) is 1. The number of hydrogen-bond acceptors (Lipinski definition) is 5. The fourth-order valence-electron chi connectivity index (χ4n) is 4.76. The van der Waals surface area contributed by atoms with Crippen LogP contribution in [-0.4, -0.2) is 64.5 Å². The standard InChI is InChI=1S/C27H30FN3O4/c1-16-14-31(17(2)13-30(16)15-19-5-7-20(28)8-6-19)27(34)22-10-9-21-23(26(33)18(3)32)12-29-24(21)11-25(22)35-4/h5-9,11-12,16-17,29H,10,13-15H2,1-4H3. The van der Waals surface area contributed by atoms with E-state index >= 15 is 0 Å². The molecule has 184 valence electrons. The summed E-state index contributed by atoms with van der Waals surface area (Å²) in [4.78, 5) is 44.8. The summed E-state index contributed by atoms with van der Waals surface area (Å²) in [6.07, 6.45) is 5.31. The highest BCUT2D eigenvalue weighted by molar-refractivity contribution is 6.42. The maximum Gasteiger partial charge on any atom is 0.254 e. The fraction of sp³-hybridized carbons (Fsp3) is 0.370. The fourth-order valence-corrected chi connectivity index (χ4v) is 4.76. The summed E-state index contributed by atoms with van der Waals surface area (Å²) in [6.45, 7) is 7.25. The lowest BCUT2D eigenvalue weighted by atomic mass is 10.0. The normalized spacial score (nSPS) is 20.4. The molecule has 0 spiro atoms. The molecule has 1 fully saturated rings. The topological polar surface area (TPSA) is 82.7 Å². The number of hydrogen-bond donors (Lipinski definition) is 1. The molecule has 0 bridgehead atoms. The van der Waals surface area contributed by atoms with Gasteiger partial charge >= 0.3 is 0 Å². The van der Waals surface area contributed by atoms with E-state index < -0.39 is 11.6 Å². The van der Waals surface area contributed by atoms with E-state index in [2.05, 4.69) is 16.8 Å². The number of aromatic amines is 1. The highest BCUT2D eigenvalue weighted by Crippen LogP contribution is 2.24. The molecule has 2 atom stereocenters. The largest absolute Gasteiger partial charge is 0.496 e. The minimum atomic E-state index is -0.569. The smallest absolute Gasteiger partial charge is 0.254 e. The SMILES string of the molecule is COC1=C(C(=O)N2CC(C)N(Cc3ccc(F)cc3)CC2C)CC=c2c(C(=O)C(C)=O)c[nH]c2=C1. The van der Waals surface area contributed by atoms with Gasteiger partial charge in [0.05, 0.1) is 18.2 Å². The summed E-state index contributed by atoms with van der Waals surface area (Å²) in [7, 11) is 1.52. The van der Waals surface area contributed by atoms with Crippen LogP contribution in [0, 0.1) is 5.82 Å². The zero-order valence-corrected chi connectivity index (χ0v) is 20.4. The number of halogens is 1. The summed E-state index contributed by atoms with van der Waals surface area (Å²) in [5.74, 6) is -1.04. The third-order valence-corrected chi connectivity index (χ3v) is 6.75. The van der Waals surface area contributed by atoms with Gasteiger partial charge in [0.15, 0.2) is 5.78 Å². The zero-order chi connectivity index (χ0) is 25.3. The second-order valence-electron chi connectivity index (χ2n) is 9.23. The Balaban J connectivity index is 1.56. The molecule has 8 heteroatoms. The van der Waals surface area contributed by atoms with Crippen LogP contribution in [0.2, 0.25) is 0 Å². The van der Waals surface area contributed by atoms with Gasteiger partial charge in [0.1, 0.15) is 11.6 Å². The number of fused-ring (bicyclic) bond motifs is 1. The Morgan fingerprint density at radius 3 is 2.49 bits per heavy atom. The van der Waals surface area contributed by atoms with Gasteiger partial charge in [-0.1, -0.05) is 18.2 Å². The van der Waals surface area contributed by atoms with E-state index in [1.165, 1.54) is 32.4 Å². The number of ketones is 2. The minimum absolute atomic E-state index is 0.0410. The lowest BCUT2D eigenvalue weighted by molar-refractivity contribution is -0.133. The maximum atomic E-state index is 13.7. The first-order valence-corrected chi connectivity index (χ1v) is 11.7. The highest BCUT2D eigenvalue weighted by atomic mass is 19.1. The predicted octanol–water partition coefficient (Wildman–Crippen LogP) is 1.91. The van der Waals surface area contributed by atoms with Crippen molar-refractivity contribution in [2.24, 2.45) is 0 Å². The van der Waals surface area contributed by atoms with Crippen LogP contribution in [0.25, 0.3) is 12.2 Å². The molecule has 1 aromatic carbocycles. The second kappa shape index (κ2) is 10.00. The molecule has 1 aliphatic heterocycles. The van der Waals surface area contributed by atoms with Gasteiger partial charge in [-0.15, -0.1) is 0 Å². The van der Waals surface area contributed by atoms with Crippen LogP contribution in [0.4, 0.5) is 4.39 Å². The molecule has 35 heavy (non-hydrogen) atoms. The van der Waals surface area contributed by atoms with E-state index in [-0.39, 0.29) is 30.2 Å². The van der Waals surface area contributed by atoms with E-state index in [1.54, 1.807) is 24.3 Å². The maximum absolute atomic E-state index is 13.7. The minimum Gasteiger partial charge on any atom is -0.496 e. The van der Waals surface area contributed by atoms with Gasteiger partial charge in [-0.05, 0) is 31.5 Å². The molecule has 1 N–H and O–H groups in total. The number of aromatic nitrogens is 1. The molecule has 0 radical (unpaired) electrons. The Hall–Kier alpha value is -3.52. The van der Waals surface area contributed by atoms with E-state index in [4.69, 9.17) is 4.74 Å². The van der Waals surface area contributed by atoms with Crippen LogP contribution in [0.15, 0.2) is 41.8 Å². The number of methoxy groups -OCH3 is 1. The summed E-state index contributed by atoms with van der Waals surface area (Å²) >= 11 is 0. The van der Waals surface area contributed by atoms with Gasteiger partial charge < -0.3 is 14.6 Å². The van der Waals surface area contributed by atoms with Crippen LogP contribution in [0.5, 0.6) is 0 Å². The number of allylic oxidation sites excluding steroid dienone is 1. The van der Waals surface area contributed by atoms with Crippen molar-refractivity contribution in [3.8, 4) is 0 Å². The van der Waals surface area contributed by atoms with Gasteiger partial charge in [0, 0.05) is 67.9 Å². The first-order valence-electron chi connectivity index (χ1n) is 11.7. The number of nitrogens with zero attached hydrogens (tertiary/aromatic N) is 2. The molecule has 1 amide bonds. The Labute approximate surface area is 203 Å². The molecule has 4 rings (SSSR count). The van der Waals surface area contributed by atoms with Gasteiger partial charge in [0.25, 0.3) is 5.91 Å². The number of piperazine rings is 1. The molecule has 1 saturated heterocycles. The monoisotopic (exact) mass is 479 g/mol. The van der Waals surface area contributed by atoms with Crippen molar-refractivity contribution in [2.75, 3.05) is 20.2 Å². The average molecular weight is 480 g/mol. The Morgan fingerprint density at radius 1 is 1.11 bits per heavy atom. The van der Waals surface area contributed by atoms with Crippen molar-refractivity contribution in [3.05, 3.63) is 69.3 Å². The number of H-pyrrole nitrogens is 1. The van der Waals surface area contributed by atoms with Crippen molar-refractivity contribution in [3.63, 3.8) is 0 Å². The number of rotatable bonds is 6. The van der Waals surface area contributed by atoms with Crippen LogP contribution in [0.1, 0.15) is 43.1 Å². The molecule has 2 aliphatic rings. The number of carbonyl (C=O) groups excluding carboxylic acids is 3. The van der Waals surface area contributed by atoms with Crippen LogP contribution in [0.3, 0.4) is 0 Å². The number of amides is 1. The first kappa shape index (κ1) is 24.6. The first-order chi connectivity index (χ1) is 16.7. The molecule has 2 heterocycles. The lowest BCUT2D eigenvalue weighted by Crippen LogP contribution is -2.58. The number of ether oxygens (including phenoxy) is 1. The van der Waals surface area contributed by atoms with Gasteiger partial charge in [-0.25, -0.2) is 4.39 Å². The van der Waals surface area contributed by atoms with Crippen molar-refractivity contribution >= 4 is 29.6 Å². The number of Topliss-reactive ketones (excluding diaryl/α,β-unsaturated/α-hetero) is 2. The molecule has 2 aromatic rings. The van der Waals surface area contributed by atoms with Crippen LogP contribution >= 0.6 is 0 Å². The van der Waals surface area contributed by atoms with E-state index in [9.17, 15) is 18.8 Å². The molecule has 1 aromatic heterocycles. The van der Waals surface area contributed by atoms with Crippen molar-refractivity contribution in [1.29, 1.82) is 0 Å². The van der Waals surface area contributed by atoms with Crippen molar-refractivity contribution in [1.82, 2.24) is 14.8 Å². The summed E-state index contributed by atoms with van der Waals surface area (Å²) in [5, 5.41) is 1.23. The summed E-state index contributed by atoms with van der Waals surface area (Å²) in [5.41, 5.74) is 1.83. The number of carbonyl (C=O) groups is 3. The van der Waals surface area contributed by atoms with Crippen LogP contribution < -0.4 is 10.6 Å². The van der Waals surface area contributed by atoms with Crippen LogP contribution in [-0.2, 0) is 20.9 Å². The van der Waals surface area contributed by atoms with Crippen molar-refractivity contribution in [2.45, 2.75) is 45.8 Å². The molecule has 7 nitrogen and oxygen atoms in total. The van der Waals surface area contributed by atoms with E-state index in [0.717, 1.165) is 5.56 Å². The Bertz CT molecular complexity index is 1310. The van der Waals surface area contributed by atoms with Gasteiger partial charge in [-0.3, -0.25) is 19.3 Å². The van der Waals surface area contributed by atoms with Gasteiger partial charge in [0.2, 0.25) is 5.78 Å². The van der Waals surface area contributed by atoms with Gasteiger partial charge in [-0.2, -0.15) is 0 Å². The van der Waals surface area contributed by atoms with Crippen molar-refractivity contribution < 1.29 is 23.5 Å². The molecule has 1 aliphatic carbocycles. The second-order valence-corrected chi connectivity index (χ2v) is 9.23. The lowest BCUT2D eigenvalue weighted by Gasteiger charge is -2.44. The third kappa shape index (κ3) is 4.98. The molecular formula is C27H30FN3O4. The third-order valence-electron chi connectivity index (χ3n) is 6.75. The zero-order valence-electron chi connectivity index (χ0n) is 20.4. The molecular weight excluding hydrogens is 449 g/mol. The summed E-state index contributed by atoms with van der Waals surface area (Å²) in [6, 6.07) is 6.57. The quantitative estimate of drug-likeness (QED) is 0.506. The Morgan fingerprint density at radius 2 is 1.83 bits per heavy atom. The predicted molar refractivity (Wildman–Crippen MR) is 130 cm³/mol. The average Bonchev–Trinajstić information content (AvgIpc) is 3.13. The summed E-state index contributed by atoms with van der Waals surface area (Å²) < 4.78 is 18.8. The Kier molecular flexibility index (Phi) is 7.03. The molecule has 2 unspecified atom stereocenters. The van der Waals surface area contributed by atoms with E-state index in [0.29, 0.717) is 47.1 Å². The molecule has 0 saturated carbocycles. The number of benzene rings is 1. The highest BCUT2D eigenvalue weighted by Gasteiger charge is 2.34.